The van der Waals surface area contributed by atoms with Crippen LogP contribution < -0.4 is 0 Å². The molecule has 0 bridgehead atoms. The van der Waals surface area contributed by atoms with Crippen molar-refractivity contribution >= 4 is 9.84 Å². The van der Waals surface area contributed by atoms with Gasteiger partial charge in [0.15, 0.2) is 9.84 Å². The van der Waals surface area contributed by atoms with E-state index in [0.717, 1.165) is 50.8 Å². The van der Waals surface area contributed by atoms with Gasteiger partial charge in [0.2, 0.25) is 0 Å². The first-order valence-electron chi connectivity index (χ1n) is 11.9. The molecule has 1 aromatic rings. The van der Waals surface area contributed by atoms with Crippen LogP contribution in [0, 0.1) is 17.2 Å². The number of alkyl halides is 3. The van der Waals surface area contributed by atoms with Crippen LogP contribution in [0.4, 0.5) is 17.6 Å². The van der Waals surface area contributed by atoms with E-state index in [1.54, 1.807) is 6.07 Å². The van der Waals surface area contributed by atoms with Crippen LogP contribution in [0.25, 0.3) is 0 Å². The van der Waals surface area contributed by atoms with Crippen molar-refractivity contribution in [3.05, 3.63) is 29.6 Å². The van der Waals surface area contributed by atoms with Crippen LogP contribution >= 0.6 is 0 Å². The number of benzene rings is 1. The molecule has 3 fully saturated rings. The Hall–Kier alpha value is -1.19. The van der Waals surface area contributed by atoms with Crippen molar-refractivity contribution in [2.45, 2.75) is 74.5 Å². The molecule has 186 valence electrons. The van der Waals surface area contributed by atoms with E-state index >= 15 is 0 Å². The molecule has 1 aliphatic heterocycles. The lowest BCUT2D eigenvalue weighted by molar-refractivity contribution is -0.192. The minimum atomic E-state index is -4.09. The largest absolute Gasteiger partial charge is 0.395 e. The molecule has 3 aliphatic rings. The number of hydrogen-bond donors (Lipinski definition) is 0. The summed E-state index contributed by atoms with van der Waals surface area (Å²) in [5, 5.41) is 0. The Morgan fingerprint density at radius 2 is 1.70 bits per heavy atom. The second-order valence-electron chi connectivity index (χ2n) is 10.3. The van der Waals surface area contributed by atoms with E-state index in [1.807, 2.05) is 4.90 Å². The van der Waals surface area contributed by atoms with Crippen molar-refractivity contribution in [1.82, 2.24) is 4.90 Å². The first-order chi connectivity index (χ1) is 15.5. The maximum atomic E-state index is 14.5. The van der Waals surface area contributed by atoms with Gasteiger partial charge >= 0.3 is 6.18 Å². The predicted molar refractivity (Wildman–Crippen MR) is 117 cm³/mol. The van der Waals surface area contributed by atoms with Gasteiger partial charge in [-0.1, -0.05) is 6.07 Å². The Bertz CT molecular complexity index is 930. The molecule has 0 N–H and O–H groups in total. The fourth-order valence-corrected chi connectivity index (χ4v) is 5.94. The summed E-state index contributed by atoms with van der Waals surface area (Å²) < 4.78 is 83.4. The molecule has 0 unspecified atom stereocenters. The average Bonchev–Trinajstić information content (AvgIpc) is 3.54. The predicted octanol–water partition coefficient (Wildman–Crippen LogP) is 5.33. The number of piperidine rings is 1. The molecule has 0 spiro atoms. The number of rotatable bonds is 7. The molecule has 9 heteroatoms. The molecule has 2 aliphatic carbocycles. The zero-order valence-corrected chi connectivity index (χ0v) is 19.9. The molecular weight excluding hydrogens is 458 g/mol. The van der Waals surface area contributed by atoms with Gasteiger partial charge in [-0.2, -0.15) is 13.2 Å². The average molecular weight is 492 g/mol. The second kappa shape index (κ2) is 9.46. The molecule has 1 heterocycles. The molecule has 1 saturated heterocycles. The summed E-state index contributed by atoms with van der Waals surface area (Å²) in [5.41, 5.74) is -0.889. The minimum Gasteiger partial charge on any atom is -0.378 e. The fourth-order valence-electron chi connectivity index (χ4n) is 5.30. The number of nitrogens with zero attached hydrogens (tertiary/aromatic N) is 1. The Kier molecular flexibility index (Phi) is 7.14. The molecule has 4 nitrogen and oxygen atoms in total. The normalized spacial score (nSPS) is 26.9. The molecular formula is C24H33F4NO3S. The first kappa shape index (κ1) is 24.9. The number of hydrogen-bond acceptors (Lipinski definition) is 4. The minimum absolute atomic E-state index is 0.00229. The molecule has 0 amide bonds. The summed E-state index contributed by atoms with van der Waals surface area (Å²) >= 11 is 0. The third-order valence-corrected chi connectivity index (χ3v) is 8.88. The van der Waals surface area contributed by atoms with Crippen molar-refractivity contribution in [3.8, 4) is 0 Å². The van der Waals surface area contributed by atoms with Gasteiger partial charge < -0.3 is 9.64 Å². The van der Waals surface area contributed by atoms with Crippen LogP contribution in [0.3, 0.4) is 0 Å². The van der Waals surface area contributed by atoms with Gasteiger partial charge in [-0.05, 0) is 94.0 Å². The van der Waals surface area contributed by atoms with Crippen LogP contribution in [0.2, 0.25) is 0 Å². The quantitative estimate of drug-likeness (QED) is 0.484. The second-order valence-corrected chi connectivity index (χ2v) is 12.3. The Morgan fingerprint density at radius 3 is 2.21 bits per heavy atom. The van der Waals surface area contributed by atoms with Crippen molar-refractivity contribution < 1.29 is 30.7 Å². The van der Waals surface area contributed by atoms with Crippen molar-refractivity contribution in [2.75, 3.05) is 32.5 Å². The zero-order chi connectivity index (χ0) is 23.9. The molecule has 4 rings (SSSR count). The van der Waals surface area contributed by atoms with Crippen LogP contribution in [-0.2, 0) is 14.6 Å². The van der Waals surface area contributed by atoms with Gasteiger partial charge in [0.1, 0.15) is 5.82 Å². The van der Waals surface area contributed by atoms with E-state index in [-0.39, 0.29) is 36.3 Å². The van der Waals surface area contributed by atoms with E-state index in [1.165, 1.54) is 6.07 Å². The third-order valence-electron chi connectivity index (χ3n) is 7.77. The van der Waals surface area contributed by atoms with Gasteiger partial charge in [-0.15, -0.1) is 0 Å². The maximum absolute atomic E-state index is 14.5. The molecule has 2 saturated carbocycles. The van der Waals surface area contributed by atoms with Gasteiger partial charge in [0.25, 0.3) is 0 Å². The summed E-state index contributed by atoms with van der Waals surface area (Å²) in [6.07, 6.45) is 2.57. The SMILES string of the molecule is CS(=O)(=O)c1ccc([C@H]2CC[C@H](OCC3CCN(CC4(C(F)(F)F)CC4)CC3)CC2)c(F)c1. The fraction of sp³-hybridized carbons (Fsp3) is 0.750. The summed E-state index contributed by atoms with van der Waals surface area (Å²) in [6.45, 7) is 2.16. The first-order valence-corrected chi connectivity index (χ1v) is 13.8. The lowest BCUT2D eigenvalue weighted by Gasteiger charge is -2.36. The van der Waals surface area contributed by atoms with E-state index in [9.17, 15) is 26.0 Å². The monoisotopic (exact) mass is 491 g/mol. The number of sulfone groups is 1. The van der Waals surface area contributed by atoms with Crippen LogP contribution in [0.1, 0.15) is 62.8 Å². The van der Waals surface area contributed by atoms with E-state index in [4.69, 9.17) is 4.74 Å². The standard InChI is InChI=1S/C24H33F4NO3S/c1-33(30,31)20-6-7-21(22(25)14-20)18-2-4-19(5-3-18)32-15-17-8-12-29(13-9-17)16-23(10-11-23)24(26,27)28/h6-7,14,17-19H,2-5,8-13,15-16H2,1H3/t18-,19-. The molecule has 33 heavy (non-hydrogen) atoms. The van der Waals surface area contributed by atoms with Gasteiger partial charge in [0, 0.05) is 19.4 Å². The summed E-state index contributed by atoms with van der Waals surface area (Å²) in [7, 11) is -3.43. The highest BCUT2D eigenvalue weighted by molar-refractivity contribution is 7.90. The Morgan fingerprint density at radius 1 is 1.06 bits per heavy atom. The highest BCUT2D eigenvalue weighted by Gasteiger charge is 2.63. The van der Waals surface area contributed by atoms with Crippen molar-refractivity contribution in [3.63, 3.8) is 0 Å². The number of halogens is 4. The van der Waals surface area contributed by atoms with Crippen LogP contribution in [-0.4, -0.2) is 58.1 Å². The summed E-state index contributed by atoms with van der Waals surface area (Å²) in [4.78, 5) is 1.96. The zero-order valence-electron chi connectivity index (χ0n) is 19.0. The Labute approximate surface area is 193 Å². The lowest BCUT2D eigenvalue weighted by atomic mass is 9.82. The topological polar surface area (TPSA) is 46.6 Å². The van der Waals surface area contributed by atoms with Crippen molar-refractivity contribution in [2.24, 2.45) is 11.3 Å². The summed E-state index contributed by atoms with van der Waals surface area (Å²) in [6, 6.07) is 4.18. The van der Waals surface area contributed by atoms with Crippen molar-refractivity contribution in [1.29, 1.82) is 0 Å². The van der Waals surface area contributed by atoms with Crippen LogP contribution in [0.15, 0.2) is 23.1 Å². The van der Waals surface area contributed by atoms with Gasteiger partial charge in [0.05, 0.1) is 16.4 Å². The van der Waals surface area contributed by atoms with Gasteiger partial charge in [-0.3, -0.25) is 0 Å². The van der Waals surface area contributed by atoms with E-state index in [2.05, 4.69) is 0 Å². The third kappa shape index (κ3) is 5.90. The van der Waals surface area contributed by atoms with Crippen LogP contribution in [0.5, 0.6) is 0 Å². The smallest absolute Gasteiger partial charge is 0.378 e. The molecule has 0 radical (unpaired) electrons. The Balaban J connectivity index is 1.18. The van der Waals surface area contributed by atoms with E-state index < -0.39 is 27.2 Å². The van der Waals surface area contributed by atoms with E-state index in [0.29, 0.717) is 31.2 Å². The number of ether oxygens (including phenoxy) is 1. The number of likely N-dealkylation sites (tertiary alicyclic amines) is 1. The maximum Gasteiger partial charge on any atom is 0.395 e. The molecule has 1 aromatic carbocycles. The highest BCUT2D eigenvalue weighted by atomic mass is 32.2. The molecule has 0 aromatic heterocycles. The van der Waals surface area contributed by atoms with Gasteiger partial charge in [-0.25, -0.2) is 12.8 Å². The summed E-state index contributed by atoms with van der Waals surface area (Å²) in [5.74, 6) is -0.0291. The lowest BCUT2D eigenvalue weighted by Crippen LogP contribution is -2.43. The highest BCUT2D eigenvalue weighted by Crippen LogP contribution is 2.58. The molecule has 0 atom stereocenters.